The molecule has 1 aromatic heterocycles. The summed E-state index contributed by atoms with van der Waals surface area (Å²) in [7, 11) is -4.19. The minimum absolute atomic E-state index is 0.225. The number of benzene rings is 4. The van der Waals surface area contributed by atoms with Gasteiger partial charge in [-0.1, -0.05) is 42.5 Å². The molecule has 38 heavy (non-hydrogen) atoms. The standard InChI is InChI=1S/C28H19F3N2O4S/c29-28(30,31)19-13-11-18(12-14-19)22-8-4-9-25-23(22)15-16-33(25)21-6-3-5-20(17-21)32-38(36,37)26-10-2-1-7-24(26)27(34)35/h1-17,32H,(H,34,35). The van der Waals surface area contributed by atoms with Crippen molar-refractivity contribution in [2.45, 2.75) is 11.1 Å². The van der Waals surface area contributed by atoms with Crippen LogP contribution in [0.5, 0.6) is 0 Å². The molecule has 0 aliphatic carbocycles. The Morgan fingerprint density at radius 1 is 0.842 bits per heavy atom. The lowest BCUT2D eigenvalue weighted by Crippen LogP contribution is -2.17. The number of fused-ring (bicyclic) bond motifs is 1. The monoisotopic (exact) mass is 536 g/mol. The number of halogens is 3. The van der Waals surface area contributed by atoms with Crippen molar-refractivity contribution in [2.75, 3.05) is 4.72 Å². The Bertz CT molecular complexity index is 1780. The minimum Gasteiger partial charge on any atom is -0.478 e. The molecule has 0 radical (unpaired) electrons. The van der Waals surface area contributed by atoms with Gasteiger partial charge in [-0.2, -0.15) is 13.2 Å². The second-order valence-corrected chi connectivity index (χ2v) is 10.1. The van der Waals surface area contributed by atoms with Gasteiger partial charge in [-0.05, 0) is 65.7 Å². The molecule has 0 aliphatic rings. The van der Waals surface area contributed by atoms with Crippen molar-refractivity contribution in [3.63, 3.8) is 0 Å². The van der Waals surface area contributed by atoms with Crippen LogP contribution in [0.2, 0.25) is 0 Å². The molecule has 5 aromatic rings. The second kappa shape index (κ2) is 9.38. The molecule has 1 heterocycles. The van der Waals surface area contributed by atoms with Crippen molar-refractivity contribution in [3.8, 4) is 16.8 Å². The molecule has 0 fully saturated rings. The van der Waals surface area contributed by atoms with Gasteiger partial charge in [0.05, 0.1) is 22.3 Å². The Morgan fingerprint density at radius 2 is 1.55 bits per heavy atom. The van der Waals surface area contributed by atoms with Gasteiger partial charge in [0.1, 0.15) is 4.90 Å². The van der Waals surface area contributed by atoms with Gasteiger partial charge in [0.25, 0.3) is 10.0 Å². The Kier molecular flexibility index (Phi) is 6.20. The molecule has 10 heteroatoms. The normalized spacial score (nSPS) is 12.0. The number of hydrogen-bond donors (Lipinski definition) is 2. The van der Waals surface area contributed by atoms with Crippen LogP contribution in [0.15, 0.2) is 108 Å². The average molecular weight is 537 g/mol. The van der Waals surface area contributed by atoms with Gasteiger partial charge in [0.15, 0.2) is 0 Å². The molecule has 0 spiro atoms. The highest BCUT2D eigenvalue weighted by molar-refractivity contribution is 7.92. The summed E-state index contributed by atoms with van der Waals surface area (Å²) in [6.07, 6.45) is -2.64. The highest BCUT2D eigenvalue weighted by Gasteiger charge is 2.30. The lowest BCUT2D eigenvalue weighted by Gasteiger charge is -2.13. The molecule has 0 saturated carbocycles. The van der Waals surface area contributed by atoms with Gasteiger partial charge in [-0.15, -0.1) is 0 Å². The Labute approximate surface area is 215 Å². The van der Waals surface area contributed by atoms with Gasteiger partial charge in [-0.25, -0.2) is 13.2 Å². The van der Waals surface area contributed by atoms with Crippen LogP contribution in [0, 0.1) is 0 Å². The van der Waals surface area contributed by atoms with E-state index >= 15 is 0 Å². The van der Waals surface area contributed by atoms with Crippen molar-refractivity contribution >= 4 is 32.6 Å². The molecule has 0 aliphatic heterocycles. The smallest absolute Gasteiger partial charge is 0.416 e. The van der Waals surface area contributed by atoms with E-state index in [0.717, 1.165) is 28.6 Å². The number of carboxylic acids is 1. The zero-order valence-electron chi connectivity index (χ0n) is 19.5. The number of sulfonamides is 1. The number of rotatable bonds is 6. The van der Waals surface area contributed by atoms with Crippen molar-refractivity contribution in [1.82, 2.24) is 4.57 Å². The third kappa shape index (κ3) is 4.73. The van der Waals surface area contributed by atoms with Crippen LogP contribution in [0.25, 0.3) is 27.7 Å². The fourth-order valence-electron chi connectivity index (χ4n) is 4.29. The first kappa shape index (κ1) is 25.1. The fraction of sp³-hybridized carbons (Fsp3) is 0.0357. The number of anilines is 1. The van der Waals surface area contributed by atoms with Gasteiger partial charge < -0.3 is 9.67 Å². The van der Waals surface area contributed by atoms with E-state index in [9.17, 15) is 31.5 Å². The fourth-order valence-corrected chi connectivity index (χ4v) is 5.54. The topological polar surface area (TPSA) is 88.4 Å². The average Bonchev–Trinajstić information content (AvgIpc) is 3.33. The van der Waals surface area contributed by atoms with E-state index in [-0.39, 0.29) is 16.1 Å². The molecule has 2 N–H and O–H groups in total. The van der Waals surface area contributed by atoms with Crippen LogP contribution < -0.4 is 4.72 Å². The lowest BCUT2D eigenvalue weighted by molar-refractivity contribution is -0.137. The molecule has 5 rings (SSSR count). The first-order valence-electron chi connectivity index (χ1n) is 11.3. The van der Waals surface area contributed by atoms with Crippen LogP contribution >= 0.6 is 0 Å². The number of hydrogen-bond acceptors (Lipinski definition) is 3. The van der Waals surface area contributed by atoms with Gasteiger partial charge in [0.2, 0.25) is 0 Å². The predicted molar refractivity (Wildman–Crippen MR) is 138 cm³/mol. The van der Waals surface area contributed by atoms with E-state index in [2.05, 4.69) is 4.72 Å². The van der Waals surface area contributed by atoms with E-state index in [1.807, 2.05) is 22.8 Å². The summed E-state index contributed by atoms with van der Waals surface area (Å²) in [4.78, 5) is 11.1. The molecule has 4 aromatic carbocycles. The summed E-state index contributed by atoms with van der Waals surface area (Å²) in [6.45, 7) is 0. The lowest BCUT2D eigenvalue weighted by atomic mass is 10.0. The second-order valence-electron chi connectivity index (χ2n) is 8.46. The van der Waals surface area contributed by atoms with E-state index in [1.54, 1.807) is 36.5 Å². The van der Waals surface area contributed by atoms with Crippen LogP contribution in [0.3, 0.4) is 0 Å². The zero-order chi connectivity index (χ0) is 27.1. The number of carbonyl (C=O) groups is 1. The zero-order valence-corrected chi connectivity index (χ0v) is 20.3. The Balaban J connectivity index is 1.50. The third-order valence-electron chi connectivity index (χ3n) is 6.04. The summed E-state index contributed by atoms with van der Waals surface area (Å²) >= 11 is 0. The van der Waals surface area contributed by atoms with E-state index in [4.69, 9.17) is 0 Å². The summed E-state index contributed by atoms with van der Waals surface area (Å²) in [5.41, 5.74) is 1.91. The van der Waals surface area contributed by atoms with Crippen molar-refractivity contribution in [1.29, 1.82) is 0 Å². The first-order valence-corrected chi connectivity index (χ1v) is 12.8. The largest absolute Gasteiger partial charge is 0.478 e. The Hall–Kier alpha value is -4.57. The number of nitrogens with one attached hydrogen (secondary N) is 1. The quantitative estimate of drug-likeness (QED) is 0.249. The number of aromatic carboxylic acids is 1. The highest BCUT2D eigenvalue weighted by Crippen LogP contribution is 2.34. The molecule has 0 amide bonds. The molecule has 192 valence electrons. The first-order chi connectivity index (χ1) is 18.0. The molecule has 6 nitrogen and oxygen atoms in total. The van der Waals surface area contributed by atoms with Crippen molar-refractivity contribution < 1.29 is 31.5 Å². The molecule has 0 unspecified atom stereocenters. The van der Waals surface area contributed by atoms with Crippen LogP contribution in [0.4, 0.5) is 18.9 Å². The molecule has 0 atom stereocenters. The maximum absolute atomic E-state index is 13.0. The summed E-state index contributed by atoms with van der Waals surface area (Å²) < 4.78 is 69.2. The number of carboxylic acid groups (broad SMARTS) is 1. The van der Waals surface area contributed by atoms with Gasteiger partial charge in [0, 0.05) is 17.3 Å². The molecule has 0 bridgehead atoms. The maximum Gasteiger partial charge on any atom is 0.416 e. The van der Waals surface area contributed by atoms with Crippen molar-refractivity contribution in [3.05, 3.63) is 114 Å². The van der Waals surface area contributed by atoms with E-state index in [0.29, 0.717) is 11.3 Å². The van der Waals surface area contributed by atoms with Crippen LogP contribution in [-0.4, -0.2) is 24.1 Å². The van der Waals surface area contributed by atoms with Crippen LogP contribution in [-0.2, 0) is 16.2 Å². The summed E-state index contributed by atoms with van der Waals surface area (Å²) in [6, 6.07) is 24.1. The van der Waals surface area contributed by atoms with Crippen LogP contribution in [0.1, 0.15) is 15.9 Å². The molecular weight excluding hydrogens is 517 g/mol. The summed E-state index contributed by atoms with van der Waals surface area (Å²) in [5, 5.41) is 10.2. The van der Waals surface area contributed by atoms with Gasteiger partial charge in [-0.3, -0.25) is 4.72 Å². The highest BCUT2D eigenvalue weighted by atomic mass is 32.2. The SMILES string of the molecule is O=C(O)c1ccccc1S(=O)(=O)Nc1cccc(-n2ccc3c(-c4ccc(C(F)(F)F)cc4)cccc32)c1. The maximum atomic E-state index is 13.0. The van der Waals surface area contributed by atoms with Crippen molar-refractivity contribution in [2.24, 2.45) is 0 Å². The number of alkyl halides is 3. The molecule has 0 saturated heterocycles. The van der Waals surface area contributed by atoms with Gasteiger partial charge >= 0.3 is 12.1 Å². The number of nitrogens with zero attached hydrogens (tertiary/aromatic N) is 1. The summed E-state index contributed by atoms with van der Waals surface area (Å²) in [5.74, 6) is -1.36. The number of aromatic nitrogens is 1. The molecular formula is C28H19F3N2O4S. The van der Waals surface area contributed by atoms with E-state index in [1.165, 1.54) is 36.4 Å². The third-order valence-corrected chi connectivity index (χ3v) is 7.48. The predicted octanol–water partition coefficient (Wildman–Crippen LogP) is 6.82. The minimum atomic E-state index is -4.42. The Morgan fingerprint density at radius 3 is 2.26 bits per heavy atom. The van der Waals surface area contributed by atoms with E-state index < -0.39 is 27.7 Å².